The molecule has 4 aliphatic carbocycles. The van der Waals surface area contributed by atoms with Crippen molar-refractivity contribution in [2.45, 2.75) is 76.0 Å². The lowest BCUT2D eigenvalue weighted by Crippen LogP contribution is -2.60. The molecule has 4 fully saturated rings. The summed E-state index contributed by atoms with van der Waals surface area (Å²) < 4.78 is 17.6. The van der Waals surface area contributed by atoms with Gasteiger partial charge in [0.1, 0.15) is 29.3 Å². The molecule has 4 saturated carbocycles. The molecule has 0 aliphatic heterocycles. The Hall–Kier alpha value is -3.03. The highest BCUT2D eigenvalue weighted by molar-refractivity contribution is 7.90. The molecular formula is C29H38N6O3S. The van der Waals surface area contributed by atoms with Gasteiger partial charge in [0, 0.05) is 24.7 Å². The van der Waals surface area contributed by atoms with Gasteiger partial charge in [-0.25, -0.2) is 9.78 Å². The van der Waals surface area contributed by atoms with Crippen molar-refractivity contribution >= 4 is 29.0 Å². The zero-order valence-electron chi connectivity index (χ0n) is 23.1. The molecule has 10 heteroatoms. The summed E-state index contributed by atoms with van der Waals surface area (Å²) >= 11 is -1.09. The molecule has 1 amide bonds. The third-order valence-electron chi connectivity index (χ3n) is 8.34. The Labute approximate surface area is 233 Å². The quantitative estimate of drug-likeness (QED) is 0.398. The summed E-state index contributed by atoms with van der Waals surface area (Å²) in [5.74, 6) is 2.49. The van der Waals surface area contributed by atoms with Crippen molar-refractivity contribution in [3.8, 4) is 6.07 Å². The summed E-state index contributed by atoms with van der Waals surface area (Å²) in [6, 6.07) is 9.96. The summed E-state index contributed by atoms with van der Waals surface area (Å²) in [7, 11) is 0. The van der Waals surface area contributed by atoms with Gasteiger partial charge in [0.05, 0.1) is 6.20 Å². The summed E-state index contributed by atoms with van der Waals surface area (Å²) in [4.78, 5) is 22.3. The number of carbonyl (C=O) groups excluding carboxylic acids is 1. The number of nitriles is 1. The van der Waals surface area contributed by atoms with Crippen molar-refractivity contribution in [1.29, 1.82) is 5.26 Å². The van der Waals surface area contributed by atoms with Crippen molar-refractivity contribution in [1.82, 2.24) is 15.3 Å². The number of nitrogens with zero attached hydrogens (tertiary/aromatic N) is 3. The molecule has 3 N–H and O–H groups in total. The number of amides is 1. The number of hydrogen-bond donors (Lipinski definition) is 3. The molecule has 1 heterocycles. The predicted octanol–water partition coefficient (Wildman–Crippen LogP) is 4.83. The first-order valence-corrected chi connectivity index (χ1v) is 15.3. The molecule has 1 aromatic heterocycles. The largest absolute Gasteiger partial charge is 0.612 e. The Kier molecular flexibility index (Phi) is 7.66. The number of carbonyl (C=O) groups is 1. The standard InChI is InChI=1S/C29H38N6O3S/c1-28(2,3)38-27(36)34-24-20-9-18-10-21(24)13-29(11-18,12-20)17-33-25-22(14-30)16-32-26(35-25)31-15-19-7-5-6-8-23(19)39(4)37/h5-8,16,18,20-21,24H,9-13,15,17H2,1-4H3,(H,34,36)(H2,31,32,33,35)/t18?,20-,21+,24+,29-,39?. The SMILES string of the molecule is C[S+]([O-])c1ccccc1CNc1ncc(C#N)c(NC[C@]23CC4C[C@H](C2)[C@H](NC(=O)OC(C)(C)C)[C@@H](C4)C3)n1. The zero-order chi connectivity index (χ0) is 27.8. The number of benzene rings is 1. The van der Waals surface area contributed by atoms with Gasteiger partial charge >= 0.3 is 6.09 Å². The van der Waals surface area contributed by atoms with Crippen molar-refractivity contribution < 1.29 is 14.1 Å². The van der Waals surface area contributed by atoms with Crippen LogP contribution in [0.25, 0.3) is 0 Å². The van der Waals surface area contributed by atoms with Crippen molar-refractivity contribution in [3.05, 3.63) is 41.6 Å². The van der Waals surface area contributed by atoms with E-state index < -0.39 is 16.8 Å². The van der Waals surface area contributed by atoms with E-state index in [1.54, 1.807) is 12.5 Å². The Morgan fingerprint density at radius 2 is 1.92 bits per heavy atom. The van der Waals surface area contributed by atoms with Crippen LogP contribution in [-0.4, -0.2) is 45.1 Å². The fraction of sp³-hybridized carbons (Fsp3) is 0.586. The van der Waals surface area contributed by atoms with Gasteiger partial charge in [-0.1, -0.05) is 18.2 Å². The number of nitrogens with one attached hydrogen (secondary N) is 3. The highest BCUT2D eigenvalue weighted by atomic mass is 32.2. The molecule has 2 aromatic rings. The lowest BCUT2D eigenvalue weighted by atomic mass is 9.48. The predicted molar refractivity (Wildman–Crippen MR) is 150 cm³/mol. The maximum Gasteiger partial charge on any atom is 0.407 e. The van der Waals surface area contributed by atoms with Gasteiger partial charge in [-0.15, -0.1) is 0 Å². The van der Waals surface area contributed by atoms with Crippen LogP contribution < -0.4 is 16.0 Å². The number of hydrogen-bond acceptors (Lipinski definition) is 8. The second-order valence-electron chi connectivity index (χ2n) is 12.5. The lowest BCUT2D eigenvalue weighted by molar-refractivity contribution is -0.0703. The van der Waals surface area contributed by atoms with E-state index in [1.807, 2.05) is 45.0 Å². The van der Waals surface area contributed by atoms with Crippen molar-refractivity contribution in [2.75, 3.05) is 23.4 Å². The molecule has 9 nitrogen and oxygen atoms in total. The molecule has 6 rings (SSSR count). The van der Waals surface area contributed by atoms with E-state index >= 15 is 0 Å². The average Bonchev–Trinajstić information content (AvgIpc) is 2.87. The highest BCUT2D eigenvalue weighted by Gasteiger charge is 2.55. The smallest absolute Gasteiger partial charge is 0.407 e. The first kappa shape index (κ1) is 27.5. The first-order chi connectivity index (χ1) is 18.5. The topological polar surface area (TPSA) is 135 Å². The summed E-state index contributed by atoms with van der Waals surface area (Å²) in [6.07, 6.45) is 8.42. The maximum atomic E-state index is 12.5. The lowest BCUT2D eigenvalue weighted by Gasteiger charge is -2.60. The van der Waals surface area contributed by atoms with E-state index in [1.165, 1.54) is 0 Å². The fourth-order valence-electron chi connectivity index (χ4n) is 7.15. The number of rotatable bonds is 8. The van der Waals surface area contributed by atoms with E-state index in [9.17, 15) is 14.6 Å². The van der Waals surface area contributed by atoms with E-state index in [-0.39, 0.29) is 17.6 Å². The molecule has 4 bridgehead atoms. The minimum absolute atomic E-state index is 0.123. The van der Waals surface area contributed by atoms with Gasteiger partial charge in [-0.2, -0.15) is 10.2 Å². The Morgan fingerprint density at radius 1 is 1.21 bits per heavy atom. The van der Waals surface area contributed by atoms with Crippen LogP contribution >= 0.6 is 0 Å². The van der Waals surface area contributed by atoms with Crippen LogP contribution in [0, 0.1) is 34.5 Å². The number of aromatic nitrogens is 2. The minimum atomic E-state index is -1.09. The average molecular weight is 551 g/mol. The van der Waals surface area contributed by atoms with Crippen molar-refractivity contribution in [3.63, 3.8) is 0 Å². The van der Waals surface area contributed by atoms with Crippen LogP contribution in [-0.2, 0) is 22.5 Å². The molecule has 4 aliphatic rings. The molecule has 208 valence electrons. The summed E-state index contributed by atoms with van der Waals surface area (Å²) in [6.45, 7) is 6.83. The van der Waals surface area contributed by atoms with Gasteiger partial charge < -0.3 is 25.2 Å². The Bertz CT molecular complexity index is 1240. The van der Waals surface area contributed by atoms with Crippen LogP contribution in [0.4, 0.5) is 16.6 Å². The van der Waals surface area contributed by atoms with Crippen LogP contribution in [0.15, 0.2) is 35.4 Å². The monoisotopic (exact) mass is 550 g/mol. The van der Waals surface area contributed by atoms with Crippen LogP contribution in [0.5, 0.6) is 0 Å². The fourth-order valence-corrected chi connectivity index (χ4v) is 7.93. The molecule has 1 aromatic carbocycles. The van der Waals surface area contributed by atoms with E-state index in [2.05, 4.69) is 32.0 Å². The maximum absolute atomic E-state index is 12.5. The van der Waals surface area contributed by atoms with Crippen LogP contribution in [0.1, 0.15) is 64.0 Å². The van der Waals surface area contributed by atoms with Crippen LogP contribution in [0.2, 0.25) is 0 Å². The van der Waals surface area contributed by atoms with E-state index in [0.29, 0.717) is 41.6 Å². The summed E-state index contributed by atoms with van der Waals surface area (Å²) in [5.41, 5.74) is 0.940. The molecule has 0 radical (unpaired) electrons. The highest BCUT2D eigenvalue weighted by Crippen LogP contribution is 2.60. The van der Waals surface area contributed by atoms with Crippen molar-refractivity contribution in [2.24, 2.45) is 23.2 Å². The first-order valence-electron chi connectivity index (χ1n) is 13.7. The minimum Gasteiger partial charge on any atom is -0.612 e. The zero-order valence-corrected chi connectivity index (χ0v) is 23.9. The normalized spacial score (nSPS) is 27.9. The molecule has 2 unspecified atom stereocenters. The molecule has 0 saturated heterocycles. The number of ether oxygens (including phenoxy) is 1. The third-order valence-corrected chi connectivity index (χ3v) is 9.36. The van der Waals surface area contributed by atoms with Gasteiger partial charge in [-0.3, -0.25) is 0 Å². The molecule has 6 atom stereocenters. The molecule has 0 spiro atoms. The van der Waals surface area contributed by atoms with E-state index in [0.717, 1.165) is 49.1 Å². The van der Waals surface area contributed by atoms with Gasteiger partial charge in [0.2, 0.25) is 5.95 Å². The van der Waals surface area contributed by atoms with Crippen LogP contribution in [0.3, 0.4) is 0 Å². The van der Waals surface area contributed by atoms with Gasteiger partial charge in [-0.05, 0) is 93.3 Å². The van der Waals surface area contributed by atoms with Gasteiger partial charge in [0.15, 0.2) is 4.90 Å². The third kappa shape index (κ3) is 6.25. The molecular weight excluding hydrogens is 512 g/mol. The Morgan fingerprint density at radius 3 is 2.59 bits per heavy atom. The second-order valence-corrected chi connectivity index (χ2v) is 13.8. The van der Waals surface area contributed by atoms with E-state index in [4.69, 9.17) is 4.74 Å². The van der Waals surface area contributed by atoms with Gasteiger partial charge in [0.25, 0.3) is 0 Å². The summed E-state index contributed by atoms with van der Waals surface area (Å²) in [5, 5.41) is 19.6. The molecule has 39 heavy (non-hydrogen) atoms. The second kappa shape index (κ2) is 10.9. The Balaban J connectivity index is 1.24. The number of alkyl carbamates (subject to hydrolysis) is 1. The number of anilines is 2.